The third-order valence-electron chi connectivity index (χ3n) is 2.71. The number of nitrogen functional groups attached to an aromatic ring is 1. The molecule has 5 heteroatoms. The largest absolute Gasteiger partial charge is 0.396 e. The van der Waals surface area contributed by atoms with Crippen molar-refractivity contribution in [2.75, 3.05) is 30.3 Å². The standard InChI is InChI=1S/C10H14BrN3O/c11-8-3-9(12)10(13-4-8)14-2-1-7(5-14)6-15/h3-4,7,15H,1-2,5-6,12H2. The molecule has 15 heavy (non-hydrogen) atoms. The van der Waals surface area contributed by atoms with E-state index < -0.39 is 0 Å². The molecule has 82 valence electrons. The van der Waals surface area contributed by atoms with E-state index >= 15 is 0 Å². The lowest BCUT2D eigenvalue weighted by Gasteiger charge is -2.18. The molecule has 1 aromatic rings. The van der Waals surface area contributed by atoms with Gasteiger partial charge < -0.3 is 15.7 Å². The quantitative estimate of drug-likeness (QED) is 0.850. The van der Waals surface area contributed by atoms with E-state index in [1.807, 2.05) is 6.07 Å². The lowest BCUT2D eigenvalue weighted by atomic mass is 10.1. The number of pyridine rings is 1. The molecule has 2 heterocycles. The van der Waals surface area contributed by atoms with Crippen LogP contribution < -0.4 is 10.6 Å². The summed E-state index contributed by atoms with van der Waals surface area (Å²) in [4.78, 5) is 6.43. The lowest BCUT2D eigenvalue weighted by Crippen LogP contribution is -2.22. The van der Waals surface area contributed by atoms with E-state index in [9.17, 15) is 0 Å². The van der Waals surface area contributed by atoms with Gasteiger partial charge >= 0.3 is 0 Å². The molecule has 0 aliphatic carbocycles. The number of aliphatic hydroxyl groups excluding tert-OH is 1. The minimum atomic E-state index is 0.243. The van der Waals surface area contributed by atoms with E-state index in [-0.39, 0.29) is 6.61 Å². The van der Waals surface area contributed by atoms with Gasteiger partial charge in [0, 0.05) is 36.3 Å². The number of hydrogen-bond acceptors (Lipinski definition) is 4. The second kappa shape index (κ2) is 4.37. The van der Waals surface area contributed by atoms with Gasteiger partial charge in [-0.05, 0) is 28.4 Å². The van der Waals surface area contributed by atoms with Gasteiger partial charge in [-0.25, -0.2) is 4.98 Å². The Hall–Kier alpha value is -0.810. The first-order chi connectivity index (χ1) is 7.20. The van der Waals surface area contributed by atoms with Crippen LogP contribution in [-0.2, 0) is 0 Å². The van der Waals surface area contributed by atoms with Crippen LogP contribution >= 0.6 is 15.9 Å². The number of halogens is 1. The Morgan fingerprint density at radius 3 is 3.07 bits per heavy atom. The zero-order chi connectivity index (χ0) is 10.8. The summed E-state index contributed by atoms with van der Waals surface area (Å²) in [5, 5.41) is 9.06. The maximum Gasteiger partial charge on any atom is 0.151 e. The van der Waals surface area contributed by atoms with Gasteiger partial charge in [0.05, 0.1) is 5.69 Å². The molecule has 4 nitrogen and oxygen atoms in total. The minimum absolute atomic E-state index is 0.243. The first kappa shape index (κ1) is 10.7. The van der Waals surface area contributed by atoms with Crippen molar-refractivity contribution >= 4 is 27.4 Å². The molecular weight excluding hydrogens is 258 g/mol. The van der Waals surface area contributed by atoms with Crippen molar-refractivity contribution in [1.82, 2.24) is 4.98 Å². The highest BCUT2D eigenvalue weighted by molar-refractivity contribution is 9.10. The van der Waals surface area contributed by atoms with Crippen molar-refractivity contribution in [3.8, 4) is 0 Å². The molecule has 1 aliphatic rings. The van der Waals surface area contributed by atoms with Crippen LogP contribution in [0.2, 0.25) is 0 Å². The smallest absolute Gasteiger partial charge is 0.151 e. The highest BCUT2D eigenvalue weighted by atomic mass is 79.9. The summed E-state index contributed by atoms with van der Waals surface area (Å²) in [6, 6.07) is 1.86. The van der Waals surface area contributed by atoms with E-state index in [1.54, 1.807) is 6.20 Å². The average molecular weight is 272 g/mol. The van der Waals surface area contributed by atoms with Crippen LogP contribution in [0.15, 0.2) is 16.7 Å². The summed E-state index contributed by atoms with van der Waals surface area (Å²) in [6.07, 6.45) is 2.76. The van der Waals surface area contributed by atoms with Crippen LogP contribution in [0.3, 0.4) is 0 Å². The van der Waals surface area contributed by atoms with Gasteiger partial charge in [0.2, 0.25) is 0 Å². The molecule has 0 amide bonds. The third kappa shape index (κ3) is 2.23. The first-order valence-electron chi connectivity index (χ1n) is 4.97. The van der Waals surface area contributed by atoms with E-state index in [2.05, 4.69) is 25.8 Å². The van der Waals surface area contributed by atoms with E-state index in [4.69, 9.17) is 10.8 Å². The van der Waals surface area contributed by atoms with Gasteiger partial charge in [-0.15, -0.1) is 0 Å². The summed E-state index contributed by atoms with van der Waals surface area (Å²) >= 11 is 3.33. The molecule has 2 rings (SSSR count). The average Bonchev–Trinajstić information content (AvgIpc) is 2.66. The summed E-state index contributed by atoms with van der Waals surface area (Å²) in [6.45, 7) is 2.01. The number of aromatic nitrogens is 1. The number of aliphatic hydroxyl groups is 1. The first-order valence-corrected chi connectivity index (χ1v) is 5.77. The molecule has 1 saturated heterocycles. The van der Waals surface area contributed by atoms with E-state index in [0.29, 0.717) is 11.6 Å². The van der Waals surface area contributed by atoms with Crippen molar-refractivity contribution in [2.45, 2.75) is 6.42 Å². The Morgan fingerprint density at radius 2 is 2.47 bits per heavy atom. The molecular formula is C10H14BrN3O. The number of nitrogens with zero attached hydrogens (tertiary/aromatic N) is 2. The fourth-order valence-corrected chi connectivity index (χ4v) is 2.23. The maximum atomic E-state index is 9.06. The van der Waals surface area contributed by atoms with Crippen molar-refractivity contribution in [3.05, 3.63) is 16.7 Å². The van der Waals surface area contributed by atoms with Gasteiger partial charge in [-0.2, -0.15) is 0 Å². The van der Waals surface area contributed by atoms with Crippen LogP contribution in [-0.4, -0.2) is 29.8 Å². The van der Waals surface area contributed by atoms with Crippen molar-refractivity contribution in [2.24, 2.45) is 5.92 Å². The molecule has 0 aromatic carbocycles. The SMILES string of the molecule is Nc1cc(Br)cnc1N1CCC(CO)C1. The van der Waals surface area contributed by atoms with Crippen LogP contribution in [0.5, 0.6) is 0 Å². The number of nitrogens with two attached hydrogens (primary N) is 1. The van der Waals surface area contributed by atoms with Crippen molar-refractivity contribution < 1.29 is 5.11 Å². The highest BCUT2D eigenvalue weighted by Crippen LogP contribution is 2.28. The van der Waals surface area contributed by atoms with Crippen molar-refractivity contribution in [3.63, 3.8) is 0 Å². The molecule has 1 unspecified atom stereocenters. The Morgan fingerprint density at radius 1 is 1.67 bits per heavy atom. The molecule has 0 saturated carbocycles. The second-order valence-electron chi connectivity index (χ2n) is 3.85. The summed E-state index contributed by atoms with van der Waals surface area (Å²) < 4.78 is 0.890. The maximum absolute atomic E-state index is 9.06. The molecule has 0 bridgehead atoms. The zero-order valence-electron chi connectivity index (χ0n) is 8.36. The Balaban J connectivity index is 2.17. The second-order valence-corrected chi connectivity index (χ2v) is 4.77. The Bertz CT molecular complexity index is 359. The zero-order valence-corrected chi connectivity index (χ0v) is 9.94. The minimum Gasteiger partial charge on any atom is -0.396 e. The summed E-state index contributed by atoms with van der Waals surface area (Å²) in [7, 11) is 0. The number of hydrogen-bond donors (Lipinski definition) is 2. The fraction of sp³-hybridized carbons (Fsp3) is 0.500. The Labute approximate surface area is 97.2 Å². The topological polar surface area (TPSA) is 62.4 Å². The molecule has 1 aromatic heterocycles. The van der Waals surface area contributed by atoms with Gasteiger partial charge in [-0.1, -0.05) is 0 Å². The van der Waals surface area contributed by atoms with Crippen LogP contribution in [0.1, 0.15) is 6.42 Å². The van der Waals surface area contributed by atoms with Gasteiger partial charge in [0.25, 0.3) is 0 Å². The molecule has 1 atom stereocenters. The summed E-state index contributed by atoms with van der Waals surface area (Å²) in [5.74, 6) is 1.18. The molecule has 1 fully saturated rings. The van der Waals surface area contributed by atoms with Gasteiger partial charge in [0.15, 0.2) is 5.82 Å². The van der Waals surface area contributed by atoms with Gasteiger partial charge in [0.1, 0.15) is 0 Å². The third-order valence-corrected chi connectivity index (χ3v) is 3.14. The van der Waals surface area contributed by atoms with E-state index in [0.717, 1.165) is 29.8 Å². The lowest BCUT2D eigenvalue weighted by molar-refractivity contribution is 0.238. The van der Waals surface area contributed by atoms with Gasteiger partial charge in [-0.3, -0.25) is 0 Å². The van der Waals surface area contributed by atoms with Crippen LogP contribution in [0.25, 0.3) is 0 Å². The fourth-order valence-electron chi connectivity index (χ4n) is 1.89. The predicted octanol–water partition coefficient (Wildman–Crippen LogP) is 1.24. The Kier molecular flexibility index (Phi) is 3.11. The van der Waals surface area contributed by atoms with Crippen LogP contribution in [0, 0.1) is 5.92 Å². The number of anilines is 2. The molecule has 0 radical (unpaired) electrons. The van der Waals surface area contributed by atoms with Crippen LogP contribution in [0.4, 0.5) is 11.5 Å². The summed E-state index contributed by atoms with van der Waals surface area (Å²) in [5.41, 5.74) is 6.57. The molecule has 0 spiro atoms. The van der Waals surface area contributed by atoms with Crippen molar-refractivity contribution in [1.29, 1.82) is 0 Å². The van der Waals surface area contributed by atoms with E-state index in [1.165, 1.54) is 0 Å². The predicted molar refractivity (Wildman–Crippen MR) is 63.8 cm³/mol. The molecule has 1 aliphatic heterocycles. The molecule has 3 N–H and O–H groups in total. The normalized spacial score (nSPS) is 20.9. The highest BCUT2D eigenvalue weighted by Gasteiger charge is 2.23. The number of rotatable bonds is 2. The monoisotopic (exact) mass is 271 g/mol.